The molecule has 0 radical (unpaired) electrons. The molecule has 1 aromatic carbocycles. The molecule has 1 N–H and O–H groups in total. The standard InChI is InChI=1S/C18H21BrN2O2/c1-11(2)13-6-5-12(3)16(10-13)20-21-18(22)14-7-8-17(23-4)15(19)9-14/h5,7-9,13H,1,6,10H2,2-4H3,(H,21,22). The largest absolute Gasteiger partial charge is 0.496 e. The minimum absolute atomic E-state index is 0.244. The molecule has 1 aromatic rings. The van der Waals surface area contributed by atoms with Crippen LogP contribution in [-0.2, 0) is 0 Å². The molecule has 2 rings (SSSR count). The van der Waals surface area contributed by atoms with Crippen molar-refractivity contribution in [1.82, 2.24) is 5.43 Å². The molecule has 0 spiro atoms. The number of halogens is 1. The van der Waals surface area contributed by atoms with Gasteiger partial charge in [-0.1, -0.05) is 18.2 Å². The molecule has 122 valence electrons. The number of benzene rings is 1. The summed E-state index contributed by atoms with van der Waals surface area (Å²) in [5.41, 5.74) is 6.33. The highest BCUT2D eigenvalue weighted by molar-refractivity contribution is 9.10. The Bertz CT molecular complexity index is 692. The molecule has 0 aliphatic heterocycles. The molecule has 0 saturated heterocycles. The Morgan fingerprint density at radius 1 is 1.48 bits per heavy atom. The van der Waals surface area contributed by atoms with Gasteiger partial charge in [0.15, 0.2) is 0 Å². The Balaban J connectivity index is 2.11. The smallest absolute Gasteiger partial charge is 0.271 e. The van der Waals surface area contributed by atoms with E-state index in [9.17, 15) is 4.79 Å². The summed E-state index contributed by atoms with van der Waals surface area (Å²) in [6, 6.07) is 5.17. The monoisotopic (exact) mass is 376 g/mol. The van der Waals surface area contributed by atoms with Crippen molar-refractivity contribution in [2.45, 2.75) is 26.7 Å². The van der Waals surface area contributed by atoms with Crippen LogP contribution >= 0.6 is 15.9 Å². The number of amides is 1. The molecule has 0 aromatic heterocycles. The van der Waals surface area contributed by atoms with Gasteiger partial charge in [0, 0.05) is 5.56 Å². The van der Waals surface area contributed by atoms with E-state index in [1.807, 2.05) is 13.8 Å². The maximum absolute atomic E-state index is 12.2. The molecule has 0 bridgehead atoms. The topological polar surface area (TPSA) is 50.7 Å². The summed E-state index contributed by atoms with van der Waals surface area (Å²) in [6.07, 6.45) is 3.95. The number of carbonyl (C=O) groups is 1. The zero-order chi connectivity index (χ0) is 17.0. The molecule has 1 aliphatic rings. The molecule has 0 heterocycles. The van der Waals surface area contributed by atoms with Crippen LogP contribution in [0.3, 0.4) is 0 Å². The van der Waals surface area contributed by atoms with Crippen LogP contribution in [0.5, 0.6) is 5.75 Å². The van der Waals surface area contributed by atoms with Crippen LogP contribution in [-0.4, -0.2) is 18.7 Å². The molecule has 23 heavy (non-hydrogen) atoms. The van der Waals surface area contributed by atoms with Gasteiger partial charge in [0.1, 0.15) is 5.75 Å². The van der Waals surface area contributed by atoms with Crippen molar-refractivity contribution < 1.29 is 9.53 Å². The van der Waals surface area contributed by atoms with Crippen molar-refractivity contribution in [3.05, 3.63) is 52.0 Å². The van der Waals surface area contributed by atoms with Gasteiger partial charge in [-0.25, -0.2) is 5.43 Å². The maximum Gasteiger partial charge on any atom is 0.271 e. The second kappa shape index (κ2) is 7.59. The average Bonchev–Trinajstić information content (AvgIpc) is 2.53. The molecule has 4 nitrogen and oxygen atoms in total. The van der Waals surface area contributed by atoms with Gasteiger partial charge in [-0.3, -0.25) is 4.79 Å². The number of carbonyl (C=O) groups excluding carboxylic acids is 1. The lowest BCUT2D eigenvalue weighted by molar-refractivity contribution is 0.0954. The first-order valence-electron chi connectivity index (χ1n) is 7.45. The van der Waals surface area contributed by atoms with Crippen molar-refractivity contribution in [1.29, 1.82) is 0 Å². The third-order valence-corrected chi connectivity index (χ3v) is 4.63. The summed E-state index contributed by atoms with van der Waals surface area (Å²) in [5.74, 6) is 0.832. The first-order valence-corrected chi connectivity index (χ1v) is 8.24. The maximum atomic E-state index is 12.2. The second-order valence-electron chi connectivity index (χ2n) is 5.72. The Kier molecular flexibility index (Phi) is 5.77. The third-order valence-electron chi connectivity index (χ3n) is 4.01. The predicted molar refractivity (Wildman–Crippen MR) is 96.9 cm³/mol. The van der Waals surface area contributed by atoms with Crippen molar-refractivity contribution in [3.63, 3.8) is 0 Å². The highest BCUT2D eigenvalue weighted by Gasteiger charge is 2.19. The van der Waals surface area contributed by atoms with Crippen LogP contribution in [0.1, 0.15) is 37.0 Å². The minimum atomic E-state index is -0.244. The highest BCUT2D eigenvalue weighted by Crippen LogP contribution is 2.27. The van der Waals surface area contributed by atoms with E-state index >= 15 is 0 Å². The van der Waals surface area contributed by atoms with Crippen LogP contribution in [0.15, 0.2) is 51.6 Å². The second-order valence-corrected chi connectivity index (χ2v) is 6.57. The van der Waals surface area contributed by atoms with E-state index in [4.69, 9.17) is 4.74 Å². The quantitative estimate of drug-likeness (QED) is 0.622. The molecule has 0 saturated carbocycles. The van der Waals surface area contributed by atoms with Gasteiger partial charge in [0.05, 0.1) is 17.3 Å². The van der Waals surface area contributed by atoms with Crippen LogP contribution in [0.25, 0.3) is 0 Å². The summed E-state index contributed by atoms with van der Waals surface area (Å²) >= 11 is 3.38. The number of allylic oxidation sites excluding steroid dienone is 3. The number of rotatable bonds is 4. The molecule has 1 amide bonds. The number of ether oxygens (including phenoxy) is 1. The summed E-state index contributed by atoms with van der Waals surface area (Å²) in [7, 11) is 1.59. The number of hydrogen-bond donors (Lipinski definition) is 1. The van der Waals surface area contributed by atoms with E-state index in [0.29, 0.717) is 17.2 Å². The molecular weight excluding hydrogens is 356 g/mol. The lowest BCUT2D eigenvalue weighted by atomic mass is 9.85. The average molecular weight is 377 g/mol. The summed E-state index contributed by atoms with van der Waals surface area (Å²) < 4.78 is 5.89. The van der Waals surface area contributed by atoms with Gasteiger partial charge in [0.2, 0.25) is 0 Å². The van der Waals surface area contributed by atoms with Gasteiger partial charge in [0.25, 0.3) is 5.91 Å². The van der Waals surface area contributed by atoms with E-state index in [1.54, 1.807) is 25.3 Å². The zero-order valence-corrected chi connectivity index (χ0v) is 15.2. The van der Waals surface area contributed by atoms with E-state index < -0.39 is 0 Å². The van der Waals surface area contributed by atoms with Crippen LogP contribution in [0, 0.1) is 5.92 Å². The minimum Gasteiger partial charge on any atom is -0.496 e. The normalized spacial score (nSPS) is 19.2. The van der Waals surface area contributed by atoms with Gasteiger partial charge in [-0.05, 0) is 72.3 Å². The number of hydrogen-bond acceptors (Lipinski definition) is 3. The number of methoxy groups -OCH3 is 1. The molecule has 1 atom stereocenters. The van der Waals surface area contributed by atoms with Gasteiger partial charge < -0.3 is 4.74 Å². The Morgan fingerprint density at radius 2 is 2.22 bits per heavy atom. The Morgan fingerprint density at radius 3 is 2.83 bits per heavy atom. The lowest BCUT2D eigenvalue weighted by Crippen LogP contribution is -2.23. The Hall–Kier alpha value is -1.88. The lowest BCUT2D eigenvalue weighted by Gasteiger charge is -2.22. The van der Waals surface area contributed by atoms with Crippen molar-refractivity contribution in [2.24, 2.45) is 11.0 Å². The predicted octanol–water partition coefficient (Wildman–Crippen LogP) is 4.48. The zero-order valence-electron chi connectivity index (χ0n) is 13.6. The fourth-order valence-electron chi connectivity index (χ4n) is 2.41. The summed E-state index contributed by atoms with van der Waals surface area (Å²) in [5, 5.41) is 4.31. The molecular formula is C18H21BrN2O2. The van der Waals surface area contributed by atoms with Gasteiger partial charge >= 0.3 is 0 Å². The molecule has 0 fully saturated rings. The fraction of sp³-hybridized carbons (Fsp3) is 0.333. The first-order chi connectivity index (χ1) is 10.9. The van der Waals surface area contributed by atoms with E-state index in [0.717, 1.165) is 34.2 Å². The van der Waals surface area contributed by atoms with Crippen molar-refractivity contribution >= 4 is 27.5 Å². The number of nitrogens with one attached hydrogen (secondary N) is 1. The van der Waals surface area contributed by atoms with Gasteiger partial charge in [-0.15, -0.1) is 0 Å². The van der Waals surface area contributed by atoms with Crippen LogP contribution in [0.2, 0.25) is 0 Å². The Labute approximate surface area is 145 Å². The first kappa shape index (κ1) is 17.5. The fourth-order valence-corrected chi connectivity index (χ4v) is 2.95. The number of nitrogens with zero attached hydrogens (tertiary/aromatic N) is 1. The van der Waals surface area contributed by atoms with Crippen molar-refractivity contribution in [3.8, 4) is 5.75 Å². The SMILES string of the molecule is C=C(C)C1CC=C(C)C(=NNC(=O)c2ccc(OC)c(Br)c2)C1. The van der Waals surface area contributed by atoms with E-state index in [1.165, 1.54) is 0 Å². The molecule has 5 heteroatoms. The third kappa shape index (κ3) is 4.32. The summed E-state index contributed by atoms with van der Waals surface area (Å²) in [4.78, 5) is 12.2. The van der Waals surface area contributed by atoms with E-state index in [-0.39, 0.29) is 5.91 Å². The van der Waals surface area contributed by atoms with Crippen LogP contribution in [0.4, 0.5) is 0 Å². The molecule has 1 aliphatic carbocycles. The number of hydrazone groups is 1. The summed E-state index contributed by atoms with van der Waals surface area (Å²) in [6.45, 7) is 8.07. The van der Waals surface area contributed by atoms with Crippen LogP contribution < -0.4 is 10.2 Å². The van der Waals surface area contributed by atoms with Gasteiger partial charge in [-0.2, -0.15) is 5.10 Å². The van der Waals surface area contributed by atoms with Crippen molar-refractivity contribution in [2.75, 3.05) is 7.11 Å². The highest BCUT2D eigenvalue weighted by atomic mass is 79.9. The van der Waals surface area contributed by atoms with E-state index in [2.05, 4.69) is 39.1 Å². The molecule has 1 unspecified atom stereocenters.